The van der Waals surface area contributed by atoms with Crippen LogP contribution in [0.15, 0.2) is 18.5 Å². The normalized spacial score (nSPS) is 21.1. The van der Waals surface area contributed by atoms with E-state index in [9.17, 15) is 0 Å². The molecule has 134 valence electrons. The Labute approximate surface area is 149 Å². The van der Waals surface area contributed by atoms with E-state index in [2.05, 4.69) is 40.8 Å². The molecule has 0 unspecified atom stereocenters. The number of imidazole rings is 1. The molecular weight excluding hydrogens is 312 g/mol. The lowest BCUT2D eigenvalue weighted by Crippen LogP contribution is -2.26. The van der Waals surface area contributed by atoms with E-state index in [1.807, 2.05) is 6.20 Å². The fourth-order valence-corrected chi connectivity index (χ4v) is 4.31. The van der Waals surface area contributed by atoms with Gasteiger partial charge in [0.25, 0.3) is 0 Å². The van der Waals surface area contributed by atoms with Crippen molar-refractivity contribution in [1.29, 1.82) is 0 Å². The molecular formula is C20H28N4O. The third kappa shape index (κ3) is 3.23. The Balaban J connectivity index is 1.76. The molecule has 0 bridgehead atoms. The molecule has 2 fully saturated rings. The number of hydrogen-bond donors (Lipinski definition) is 1. The number of aromatic nitrogens is 3. The molecule has 4 heterocycles. The van der Waals surface area contributed by atoms with Gasteiger partial charge in [-0.2, -0.15) is 0 Å². The maximum absolute atomic E-state index is 5.56. The van der Waals surface area contributed by atoms with E-state index in [1.165, 1.54) is 29.8 Å². The van der Waals surface area contributed by atoms with Gasteiger partial charge in [0.1, 0.15) is 0 Å². The SMILES string of the molecule is C/C=C(\c1c(C)ncc2nc(C3CCNCC3)cn12)C1CCOCC1. The van der Waals surface area contributed by atoms with Crippen molar-refractivity contribution in [1.82, 2.24) is 19.7 Å². The fraction of sp³-hybridized carbons (Fsp3) is 0.600. The first-order valence-electron chi connectivity index (χ1n) is 9.57. The molecule has 0 radical (unpaired) electrons. The van der Waals surface area contributed by atoms with Crippen LogP contribution < -0.4 is 5.32 Å². The van der Waals surface area contributed by atoms with E-state index in [4.69, 9.17) is 9.72 Å². The molecule has 2 aliphatic rings. The van der Waals surface area contributed by atoms with E-state index in [0.717, 1.165) is 50.5 Å². The number of allylic oxidation sites excluding steroid dienone is 2. The maximum Gasteiger partial charge on any atom is 0.156 e. The molecule has 0 amide bonds. The van der Waals surface area contributed by atoms with Gasteiger partial charge < -0.3 is 10.1 Å². The number of nitrogens with zero attached hydrogens (tertiary/aromatic N) is 3. The molecule has 4 rings (SSSR count). The van der Waals surface area contributed by atoms with Crippen LogP contribution in [0.25, 0.3) is 11.2 Å². The summed E-state index contributed by atoms with van der Waals surface area (Å²) in [7, 11) is 0. The second-order valence-corrected chi connectivity index (χ2v) is 7.24. The monoisotopic (exact) mass is 340 g/mol. The smallest absolute Gasteiger partial charge is 0.156 e. The highest BCUT2D eigenvalue weighted by atomic mass is 16.5. The van der Waals surface area contributed by atoms with Gasteiger partial charge in [-0.25, -0.2) is 4.98 Å². The Morgan fingerprint density at radius 2 is 2.00 bits per heavy atom. The molecule has 0 saturated carbocycles. The third-order valence-corrected chi connectivity index (χ3v) is 5.71. The minimum absolute atomic E-state index is 0.551. The van der Waals surface area contributed by atoms with Crippen LogP contribution in [0, 0.1) is 12.8 Å². The van der Waals surface area contributed by atoms with Gasteiger partial charge in [0.2, 0.25) is 0 Å². The first-order valence-corrected chi connectivity index (χ1v) is 9.57. The maximum atomic E-state index is 5.56. The Morgan fingerprint density at radius 1 is 1.24 bits per heavy atom. The van der Waals surface area contributed by atoms with Crippen LogP contribution in [0.2, 0.25) is 0 Å². The van der Waals surface area contributed by atoms with E-state index in [0.29, 0.717) is 11.8 Å². The number of aryl methyl sites for hydroxylation is 1. The van der Waals surface area contributed by atoms with Crippen LogP contribution in [0.5, 0.6) is 0 Å². The van der Waals surface area contributed by atoms with Gasteiger partial charge in [-0.05, 0) is 64.1 Å². The highest BCUT2D eigenvalue weighted by Crippen LogP contribution is 2.34. The molecule has 0 aromatic carbocycles. The second-order valence-electron chi connectivity index (χ2n) is 7.24. The molecule has 0 spiro atoms. The molecule has 0 aliphatic carbocycles. The lowest BCUT2D eigenvalue weighted by Gasteiger charge is -2.26. The summed E-state index contributed by atoms with van der Waals surface area (Å²) < 4.78 is 7.85. The average molecular weight is 340 g/mol. The summed E-state index contributed by atoms with van der Waals surface area (Å²) in [6.45, 7) is 8.15. The topological polar surface area (TPSA) is 51.5 Å². The van der Waals surface area contributed by atoms with Crippen molar-refractivity contribution in [3.05, 3.63) is 35.6 Å². The minimum atomic E-state index is 0.551. The van der Waals surface area contributed by atoms with Gasteiger partial charge in [-0.3, -0.25) is 9.38 Å². The number of fused-ring (bicyclic) bond motifs is 1. The van der Waals surface area contributed by atoms with Crippen molar-refractivity contribution in [3.63, 3.8) is 0 Å². The number of nitrogens with one attached hydrogen (secondary N) is 1. The molecule has 1 N–H and O–H groups in total. The van der Waals surface area contributed by atoms with Gasteiger partial charge in [-0.15, -0.1) is 0 Å². The van der Waals surface area contributed by atoms with E-state index >= 15 is 0 Å². The van der Waals surface area contributed by atoms with Gasteiger partial charge in [0.05, 0.1) is 23.3 Å². The molecule has 25 heavy (non-hydrogen) atoms. The summed E-state index contributed by atoms with van der Waals surface area (Å²) in [5.41, 5.74) is 5.91. The predicted molar refractivity (Wildman–Crippen MR) is 99.8 cm³/mol. The zero-order valence-electron chi connectivity index (χ0n) is 15.3. The van der Waals surface area contributed by atoms with Gasteiger partial charge in [0, 0.05) is 25.3 Å². The molecule has 2 aromatic heterocycles. The third-order valence-electron chi connectivity index (χ3n) is 5.71. The lowest BCUT2D eigenvalue weighted by atomic mass is 9.88. The Kier molecular flexibility index (Phi) is 4.86. The van der Waals surface area contributed by atoms with Crippen molar-refractivity contribution in [2.45, 2.75) is 45.4 Å². The molecule has 2 saturated heterocycles. The molecule has 2 aliphatic heterocycles. The van der Waals surface area contributed by atoms with Crippen LogP contribution in [0.4, 0.5) is 0 Å². The zero-order valence-corrected chi connectivity index (χ0v) is 15.3. The molecule has 5 heteroatoms. The van der Waals surface area contributed by atoms with Gasteiger partial charge in [-0.1, -0.05) is 6.08 Å². The van der Waals surface area contributed by atoms with E-state index in [-0.39, 0.29) is 0 Å². The van der Waals surface area contributed by atoms with Crippen LogP contribution in [0.3, 0.4) is 0 Å². The standard InChI is InChI=1S/C20H28N4O/c1-3-17(15-6-10-25-11-7-15)20-14(2)22-12-19-23-18(13-24(19)20)16-4-8-21-9-5-16/h3,12-13,15-16,21H,4-11H2,1-2H3/b17-3-. The van der Waals surface area contributed by atoms with Crippen LogP contribution in [-0.4, -0.2) is 40.7 Å². The number of rotatable bonds is 3. The summed E-state index contributed by atoms with van der Waals surface area (Å²) in [6, 6.07) is 0. The van der Waals surface area contributed by atoms with E-state index in [1.54, 1.807) is 0 Å². The zero-order chi connectivity index (χ0) is 17.2. The Bertz CT molecular complexity index is 767. The largest absolute Gasteiger partial charge is 0.381 e. The predicted octanol–water partition coefficient (Wildman–Crippen LogP) is 3.33. The van der Waals surface area contributed by atoms with Crippen molar-refractivity contribution >= 4 is 11.2 Å². The lowest BCUT2D eigenvalue weighted by molar-refractivity contribution is 0.0806. The van der Waals surface area contributed by atoms with Gasteiger partial charge in [0.15, 0.2) is 5.65 Å². The number of ether oxygens (including phenoxy) is 1. The van der Waals surface area contributed by atoms with Gasteiger partial charge >= 0.3 is 0 Å². The number of piperidine rings is 1. The van der Waals surface area contributed by atoms with E-state index < -0.39 is 0 Å². The van der Waals surface area contributed by atoms with Crippen molar-refractivity contribution < 1.29 is 4.74 Å². The summed E-state index contributed by atoms with van der Waals surface area (Å²) in [5.74, 6) is 1.11. The second kappa shape index (κ2) is 7.26. The summed E-state index contributed by atoms with van der Waals surface area (Å²) in [5, 5.41) is 3.44. The van der Waals surface area contributed by atoms with Crippen molar-refractivity contribution in [3.8, 4) is 0 Å². The number of hydrogen-bond acceptors (Lipinski definition) is 4. The van der Waals surface area contributed by atoms with Crippen LogP contribution in [-0.2, 0) is 4.74 Å². The summed E-state index contributed by atoms with van der Waals surface area (Å²) in [4.78, 5) is 9.58. The van der Waals surface area contributed by atoms with Crippen LogP contribution >= 0.6 is 0 Å². The first-order chi connectivity index (χ1) is 12.3. The fourth-order valence-electron chi connectivity index (χ4n) is 4.31. The minimum Gasteiger partial charge on any atom is -0.381 e. The average Bonchev–Trinajstić information content (AvgIpc) is 3.10. The van der Waals surface area contributed by atoms with Crippen molar-refractivity contribution in [2.75, 3.05) is 26.3 Å². The Hall–Kier alpha value is -1.72. The van der Waals surface area contributed by atoms with Crippen LogP contribution in [0.1, 0.15) is 55.6 Å². The molecule has 0 atom stereocenters. The van der Waals surface area contributed by atoms with Crippen molar-refractivity contribution in [2.24, 2.45) is 5.92 Å². The quantitative estimate of drug-likeness (QED) is 0.931. The highest BCUT2D eigenvalue weighted by Gasteiger charge is 2.24. The molecule has 2 aromatic rings. The first kappa shape index (κ1) is 16.7. The summed E-state index contributed by atoms with van der Waals surface area (Å²) in [6.07, 6.45) is 11.0. The highest BCUT2D eigenvalue weighted by molar-refractivity contribution is 5.68. The Morgan fingerprint density at radius 3 is 2.72 bits per heavy atom. The molecule has 5 nitrogen and oxygen atoms in total. The summed E-state index contributed by atoms with van der Waals surface area (Å²) >= 11 is 0.